The van der Waals surface area contributed by atoms with Crippen LogP contribution in [0.3, 0.4) is 0 Å². The van der Waals surface area contributed by atoms with Gasteiger partial charge >= 0.3 is 5.97 Å². The Labute approximate surface area is 112 Å². The van der Waals surface area contributed by atoms with Crippen LogP contribution in [0, 0.1) is 11.3 Å². The Kier molecular flexibility index (Phi) is 4.20. The number of amides is 1. The van der Waals surface area contributed by atoms with Gasteiger partial charge in [0.05, 0.1) is 5.92 Å². The van der Waals surface area contributed by atoms with Crippen molar-refractivity contribution in [2.24, 2.45) is 11.3 Å². The second-order valence-corrected chi connectivity index (χ2v) is 6.42. The van der Waals surface area contributed by atoms with E-state index in [0.717, 1.165) is 44.5 Å². The van der Waals surface area contributed by atoms with Crippen LogP contribution in [-0.4, -0.2) is 47.0 Å². The van der Waals surface area contributed by atoms with Gasteiger partial charge in [0.25, 0.3) is 0 Å². The molecule has 102 valence electrons. The molecule has 5 heteroatoms. The smallest absolute Gasteiger partial charge is 0.307 e. The van der Waals surface area contributed by atoms with Gasteiger partial charge in [0.15, 0.2) is 0 Å². The van der Waals surface area contributed by atoms with E-state index in [9.17, 15) is 9.59 Å². The summed E-state index contributed by atoms with van der Waals surface area (Å²) in [5.74, 6) is 0.470. The zero-order valence-electron chi connectivity index (χ0n) is 10.9. The molecule has 0 aromatic rings. The number of carbonyl (C=O) groups is 2. The summed E-state index contributed by atoms with van der Waals surface area (Å²) in [5, 5.41) is 9.01. The second kappa shape index (κ2) is 5.51. The number of hydrogen-bond donors (Lipinski definition) is 1. The van der Waals surface area contributed by atoms with Crippen LogP contribution in [-0.2, 0) is 9.59 Å². The summed E-state index contributed by atoms with van der Waals surface area (Å²) in [6, 6.07) is 0. The molecule has 1 N–H and O–H groups in total. The van der Waals surface area contributed by atoms with Gasteiger partial charge in [-0.15, -0.1) is 0 Å². The Morgan fingerprint density at radius 3 is 2.56 bits per heavy atom. The Balaban J connectivity index is 1.74. The van der Waals surface area contributed by atoms with Crippen LogP contribution >= 0.6 is 11.8 Å². The van der Waals surface area contributed by atoms with Crippen LogP contribution in [0.25, 0.3) is 0 Å². The van der Waals surface area contributed by atoms with Gasteiger partial charge < -0.3 is 10.0 Å². The first-order valence-electron chi connectivity index (χ1n) is 6.58. The van der Waals surface area contributed by atoms with Crippen molar-refractivity contribution in [2.45, 2.75) is 32.1 Å². The lowest BCUT2D eigenvalue weighted by Gasteiger charge is -2.32. The minimum Gasteiger partial charge on any atom is -0.481 e. The second-order valence-electron chi connectivity index (χ2n) is 5.43. The maximum Gasteiger partial charge on any atom is 0.307 e. The molecule has 1 saturated carbocycles. The molecule has 1 atom stereocenters. The van der Waals surface area contributed by atoms with Gasteiger partial charge in [0.2, 0.25) is 5.91 Å². The van der Waals surface area contributed by atoms with Gasteiger partial charge in [0, 0.05) is 19.5 Å². The number of nitrogens with zero attached hydrogens (tertiary/aromatic N) is 1. The molecule has 18 heavy (non-hydrogen) atoms. The predicted octanol–water partition coefficient (Wildman–Crippen LogP) is 1.84. The van der Waals surface area contributed by atoms with Crippen LogP contribution in [0.5, 0.6) is 0 Å². The van der Waals surface area contributed by atoms with Crippen molar-refractivity contribution in [2.75, 3.05) is 25.1 Å². The predicted molar refractivity (Wildman–Crippen MR) is 71.6 cm³/mol. The van der Waals surface area contributed by atoms with E-state index in [1.165, 1.54) is 0 Å². The largest absolute Gasteiger partial charge is 0.481 e. The molecular weight excluding hydrogens is 250 g/mol. The number of piperidine rings is 1. The van der Waals surface area contributed by atoms with Crippen LogP contribution < -0.4 is 0 Å². The third-order valence-electron chi connectivity index (χ3n) is 4.34. The lowest BCUT2D eigenvalue weighted by molar-refractivity contribution is -0.139. The number of rotatable bonds is 5. The molecule has 1 amide bonds. The number of likely N-dealkylation sites (tertiary alicyclic amines) is 1. The van der Waals surface area contributed by atoms with E-state index < -0.39 is 5.97 Å². The summed E-state index contributed by atoms with van der Waals surface area (Å²) >= 11 is 1.77. The highest BCUT2D eigenvalue weighted by atomic mass is 32.2. The van der Waals surface area contributed by atoms with E-state index in [4.69, 9.17) is 5.11 Å². The summed E-state index contributed by atoms with van der Waals surface area (Å²) in [4.78, 5) is 24.8. The highest BCUT2D eigenvalue weighted by Gasteiger charge is 2.59. The van der Waals surface area contributed by atoms with Crippen molar-refractivity contribution in [3.05, 3.63) is 0 Å². The highest BCUT2D eigenvalue weighted by Crippen LogP contribution is 2.59. The standard InChI is InChI=1S/C13H21NO3S/c1-18-8-2-3-11(15)14-6-4-13(5-7-14)9-10(13)12(16)17/h10H,2-9H2,1H3,(H,16,17). The first kappa shape index (κ1) is 13.7. The molecule has 2 aliphatic rings. The molecular formula is C13H21NO3S. The lowest BCUT2D eigenvalue weighted by atomic mass is 9.90. The third-order valence-corrected chi connectivity index (χ3v) is 5.04. The van der Waals surface area contributed by atoms with Crippen molar-refractivity contribution < 1.29 is 14.7 Å². The van der Waals surface area contributed by atoms with Crippen molar-refractivity contribution in [1.29, 1.82) is 0 Å². The molecule has 1 unspecified atom stereocenters. The molecule has 0 aromatic carbocycles. The maximum atomic E-state index is 11.9. The van der Waals surface area contributed by atoms with E-state index in [-0.39, 0.29) is 17.2 Å². The minimum atomic E-state index is -0.658. The molecule has 0 radical (unpaired) electrons. The zero-order chi connectivity index (χ0) is 13.2. The normalized spacial score (nSPS) is 25.2. The number of carboxylic acids is 1. The molecule has 1 aliphatic carbocycles. The Morgan fingerprint density at radius 1 is 1.39 bits per heavy atom. The van der Waals surface area contributed by atoms with Gasteiger partial charge in [-0.3, -0.25) is 9.59 Å². The molecule has 4 nitrogen and oxygen atoms in total. The SMILES string of the molecule is CSCCCC(=O)N1CCC2(CC1)CC2C(=O)O. The topological polar surface area (TPSA) is 57.6 Å². The van der Waals surface area contributed by atoms with E-state index >= 15 is 0 Å². The zero-order valence-corrected chi connectivity index (χ0v) is 11.7. The molecule has 1 heterocycles. The van der Waals surface area contributed by atoms with Crippen LogP contribution in [0.2, 0.25) is 0 Å². The van der Waals surface area contributed by atoms with Gasteiger partial charge in [-0.25, -0.2) is 0 Å². The monoisotopic (exact) mass is 271 g/mol. The Morgan fingerprint density at radius 2 is 2.06 bits per heavy atom. The number of carboxylic acid groups (broad SMARTS) is 1. The fourth-order valence-corrected chi connectivity index (χ4v) is 3.41. The Bertz CT molecular complexity index is 337. The van der Waals surface area contributed by atoms with Gasteiger partial charge in [-0.1, -0.05) is 0 Å². The molecule has 2 fully saturated rings. The highest BCUT2D eigenvalue weighted by molar-refractivity contribution is 7.98. The number of hydrogen-bond acceptors (Lipinski definition) is 3. The van der Waals surface area contributed by atoms with E-state index in [1.54, 1.807) is 11.8 Å². The molecule has 0 bridgehead atoms. The van der Waals surface area contributed by atoms with E-state index in [2.05, 4.69) is 0 Å². The number of carbonyl (C=O) groups excluding carboxylic acids is 1. The summed E-state index contributed by atoms with van der Waals surface area (Å²) < 4.78 is 0. The third kappa shape index (κ3) is 2.82. The lowest BCUT2D eigenvalue weighted by Crippen LogP contribution is -2.39. The van der Waals surface area contributed by atoms with Crippen molar-refractivity contribution >= 4 is 23.6 Å². The van der Waals surface area contributed by atoms with E-state index in [0.29, 0.717) is 6.42 Å². The van der Waals surface area contributed by atoms with E-state index in [1.807, 2.05) is 11.2 Å². The van der Waals surface area contributed by atoms with Crippen molar-refractivity contribution in [3.8, 4) is 0 Å². The quantitative estimate of drug-likeness (QED) is 0.775. The number of aliphatic carboxylic acids is 1. The molecule has 1 saturated heterocycles. The van der Waals surface area contributed by atoms with Gasteiger partial charge in [0.1, 0.15) is 0 Å². The molecule has 1 aliphatic heterocycles. The average Bonchev–Trinajstić information content (AvgIpc) is 3.05. The summed E-state index contributed by atoms with van der Waals surface area (Å²) in [7, 11) is 0. The molecule has 1 spiro atoms. The average molecular weight is 271 g/mol. The van der Waals surface area contributed by atoms with Crippen LogP contribution in [0.4, 0.5) is 0 Å². The maximum absolute atomic E-state index is 11.9. The fraction of sp³-hybridized carbons (Fsp3) is 0.846. The first-order chi connectivity index (χ1) is 8.59. The minimum absolute atomic E-state index is 0.0296. The first-order valence-corrected chi connectivity index (χ1v) is 7.98. The van der Waals surface area contributed by atoms with Crippen LogP contribution in [0.15, 0.2) is 0 Å². The fourth-order valence-electron chi connectivity index (χ4n) is 2.98. The molecule has 2 rings (SSSR count). The molecule has 0 aromatic heterocycles. The van der Waals surface area contributed by atoms with Gasteiger partial charge in [-0.05, 0) is 43.1 Å². The summed E-state index contributed by atoms with van der Waals surface area (Å²) in [6.07, 6.45) is 6.19. The van der Waals surface area contributed by atoms with Crippen molar-refractivity contribution in [1.82, 2.24) is 4.90 Å². The van der Waals surface area contributed by atoms with Gasteiger partial charge in [-0.2, -0.15) is 11.8 Å². The summed E-state index contributed by atoms with van der Waals surface area (Å²) in [6.45, 7) is 1.50. The van der Waals surface area contributed by atoms with Crippen LogP contribution in [0.1, 0.15) is 32.1 Å². The van der Waals surface area contributed by atoms with Crippen molar-refractivity contribution in [3.63, 3.8) is 0 Å². The number of thioether (sulfide) groups is 1. The Hall–Kier alpha value is -0.710. The summed E-state index contributed by atoms with van der Waals surface area (Å²) in [5.41, 5.74) is 0.0296.